The van der Waals surface area contributed by atoms with Crippen molar-refractivity contribution in [2.45, 2.75) is 50.7 Å². The van der Waals surface area contributed by atoms with Crippen LogP contribution in [-0.4, -0.2) is 45.1 Å². The lowest BCUT2D eigenvalue weighted by Crippen LogP contribution is -2.69. The van der Waals surface area contributed by atoms with E-state index in [1.165, 1.54) is 37.7 Å². The molecule has 1 spiro atoms. The van der Waals surface area contributed by atoms with E-state index < -0.39 is 0 Å². The molecule has 5 rings (SSSR count). The van der Waals surface area contributed by atoms with Gasteiger partial charge in [0.1, 0.15) is 0 Å². The second-order valence-electron chi connectivity index (χ2n) is 8.24. The average molecular weight is 371 g/mol. The summed E-state index contributed by atoms with van der Waals surface area (Å²) in [7, 11) is 1.86. The number of aliphatic imine (C=N–C) groups is 1. The van der Waals surface area contributed by atoms with E-state index in [2.05, 4.69) is 27.8 Å². The largest absolute Gasteiger partial charge is 0.454 e. The van der Waals surface area contributed by atoms with Gasteiger partial charge in [0, 0.05) is 37.6 Å². The fraction of sp³-hybridized carbons (Fsp3) is 0.667. The molecular weight excluding hydrogens is 342 g/mol. The van der Waals surface area contributed by atoms with Gasteiger partial charge in [0.15, 0.2) is 17.5 Å². The highest BCUT2D eigenvalue weighted by molar-refractivity contribution is 5.80. The maximum Gasteiger partial charge on any atom is 0.231 e. The van der Waals surface area contributed by atoms with Crippen LogP contribution in [0.4, 0.5) is 0 Å². The van der Waals surface area contributed by atoms with Gasteiger partial charge in [-0.1, -0.05) is 18.9 Å². The van der Waals surface area contributed by atoms with Crippen molar-refractivity contribution >= 4 is 5.96 Å². The molecule has 2 aliphatic heterocycles. The van der Waals surface area contributed by atoms with Crippen LogP contribution in [0, 0.1) is 11.3 Å². The molecule has 1 aromatic rings. The molecule has 3 fully saturated rings. The molecule has 1 saturated heterocycles. The van der Waals surface area contributed by atoms with Crippen LogP contribution in [0.15, 0.2) is 23.2 Å². The van der Waals surface area contributed by atoms with Crippen molar-refractivity contribution in [3.63, 3.8) is 0 Å². The third-order valence-electron chi connectivity index (χ3n) is 6.95. The Morgan fingerprint density at radius 3 is 2.93 bits per heavy atom. The second-order valence-corrected chi connectivity index (χ2v) is 8.24. The van der Waals surface area contributed by atoms with Crippen LogP contribution < -0.4 is 20.1 Å². The number of hydrogen-bond donors (Lipinski definition) is 2. The normalized spacial score (nSPS) is 30.3. The lowest BCUT2D eigenvalue weighted by Gasteiger charge is -2.57. The third kappa shape index (κ3) is 2.85. The molecule has 6 heteroatoms. The number of guanidine groups is 1. The van der Waals surface area contributed by atoms with Gasteiger partial charge in [-0.25, -0.2) is 0 Å². The Labute approximate surface area is 160 Å². The van der Waals surface area contributed by atoms with Gasteiger partial charge < -0.3 is 24.8 Å². The summed E-state index contributed by atoms with van der Waals surface area (Å²) >= 11 is 0. The first kappa shape index (κ1) is 17.2. The molecule has 146 valence electrons. The van der Waals surface area contributed by atoms with E-state index in [0.29, 0.717) is 30.3 Å². The molecule has 2 saturated carbocycles. The van der Waals surface area contributed by atoms with Crippen molar-refractivity contribution in [2.75, 3.05) is 27.0 Å². The molecule has 2 heterocycles. The van der Waals surface area contributed by atoms with Crippen LogP contribution in [0.5, 0.6) is 11.5 Å². The van der Waals surface area contributed by atoms with Crippen molar-refractivity contribution in [3.05, 3.63) is 23.8 Å². The standard InChI is InChI=1S/C21H29N3O3/c1-22-20(23-10-6-14-4-5-16-17(12-14)27-13-26-16)24-18-15-7-11-25-19(15)21(18)8-2-3-9-21/h4-5,12,15,18-19H,2-3,6-11,13H2,1H3,(H2,22,23,24). The average Bonchev–Trinajstić information content (AvgIpc) is 3.43. The van der Waals surface area contributed by atoms with Gasteiger partial charge in [-0.3, -0.25) is 4.99 Å². The zero-order chi connectivity index (χ0) is 18.3. The molecule has 0 bridgehead atoms. The Morgan fingerprint density at radius 2 is 2.07 bits per heavy atom. The number of hydrogen-bond acceptors (Lipinski definition) is 4. The summed E-state index contributed by atoms with van der Waals surface area (Å²) in [6, 6.07) is 6.67. The number of nitrogens with zero attached hydrogens (tertiary/aromatic N) is 1. The first-order chi connectivity index (χ1) is 13.3. The first-order valence-corrected chi connectivity index (χ1v) is 10.3. The summed E-state index contributed by atoms with van der Waals surface area (Å²) in [5, 5.41) is 7.25. The topological polar surface area (TPSA) is 64.1 Å². The van der Waals surface area contributed by atoms with E-state index >= 15 is 0 Å². The molecule has 3 atom stereocenters. The number of benzene rings is 1. The highest BCUT2D eigenvalue weighted by atomic mass is 16.7. The summed E-state index contributed by atoms with van der Waals surface area (Å²) in [5.41, 5.74) is 1.58. The maximum atomic E-state index is 6.09. The second kappa shape index (κ2) is 6.89. The summed E-state index contributed by atoms with van der Waals surface area (Å²) in [4.78, 5) is 4.48. The van der Waals surface area contributed by atoms with Crippen molar-refractivity contribution < 1.29 is 14.2 Å². The molecule has 0 amide bonds. The van der Waals surface area contributed by atoms with Gasteiger partial charge in [-0.2, -0.15) is 0 Å². The molecule has 27 heavy (non-hydrogen) atoms. The Bertz CT molecular complexity index is 729. The Hall–Kier alpha value is -1.95. The molecule has 6 nitrogen and oxygen atoms in total. The number of ether oxygens (including phenoxy) is 3. The minimum absolute atomic E-state index is 0.322. The fourth-order valence-electron chi connectivity index (χ4n) is 5.67. The smallest absolute Gasteiger partial charge is 0.231 e. The minimum Gasteiger partial charge on any atom is -0.454 e. The highest BCUT2D eigenvalue weighted by Crippen LogP contribution is 2.60. The fourth-order valence-corrected chi connectivity index (χ4v) is 5.67. The Morgan fingerprint density at radius 1 is 1.22 bits per heavy atom. The van der Waals surface area contributed by atoms with Crippen LogP contribution >= 0.6 is 0 Å². The van der Waals surface area contributed by atoms with Gasteiger partial charge in [0.05, 0.1) is 6.10 Å². The monoisotopic (exact) mass is 371 g/mol. The first-order valence-electron chi connectivity index (χ1n) is 10.3. The molecule has 0 aromatic heterocycles. The molecule has 2 N–H and O–H groups in total. The van der Waals surface area contributed by atoms with Gasteiger partial charge in [0.25, 0.3) is 0 Å². The zero-order valence-corrected chi connectivity index (χ0v) is 16.0. The Kier molecular flexibility index (Phi) is 4.38. The van der Waals surface area contributed by atoms with E-state index in [9.17, 15) is 0 Å². The van der Waals surface area contributed by atoms with Crippen LogP contribution in [0.2, 0.25) is 0 Å². The summed E-state index contributed by atoms with van der Waals surface area (Å²) in [6.45, 7) is 2.08. The maximum absolute atomic E-state index is 6.09. The van der Waals surface area contributed by atoms with Crippen molar-refractivity contribution in [1.29, 1.82) is 0 Å². The van der Waals surface area contributed by atoms with Gasteiger partial charge >= 0.3 is 0 Å². The van der Waals surface area contributed by atoms with E-state index in [0.717, 1.165) is 37.0 Å². The van der Waals surface area contributed by atoms with Gasteiger partial charge in [-0.15, -0.1) is 0 Å². The number of rotatable bonds is 4. The third-order valence-corrected chi connectivity index (χ3v) is 6.95. The molecule has 3 unspecified atom stereocenters. The molecule has 2 aliphatic carbocycles. The van der Waals surface area contributed by atoms with Crippen molar-refractivity contribution in [1.82, 2.24) is 10.6 Å². The van der Waals surface area contributed by atoms with E-state index in [1.54, 1.807) is 0 Å². The van der Waals surface area contributed by atoms with Gasteiger partial charge in [-0.05, 0) is 43.4 Å². The van der Waals surface area contributed by atoms with Crippen molar-refractivity contribution in [3.8, 4) is 11.5 Å². The number of nitrogens with one attached hydrogen (secondary N) is 2. The summed E-state index contributed by atoms with van der Waals surface area (Å²) in [6.07, 6.45) is 7.83. The van der Waals surface area contributed by atoms with E-state index in [-0.39, 0.29) is 0 Å². The van der Waals surface area contributed by atoms with Crippen LogP contribution in [0.25, 0.3) is 0 Å². The van der Waals surface area contributed by atoms with Gasteiger partial charge in [0.2, 0.25) is 6.79 Å². The highest BCUT2D eigenvalue weighted by Gasteiger charge is 2.65. The van der Waals surface area contributed by atoms with E-state index in [1.807, 2.05) is 13.1 Å². The Balaban J connectivity index is 1.18. The predicted octanol–water partition coefficient (Wildman–Crippen LogP) is 2.47. The van der Waals surface area contributed by atoms with Crippen LogP contribution in [-0.2, 0) is 11.2 Å². The van der Waals surface area contributed by atoms with Crippen molar-refractivity contribution in [2.24, 2.45) is 16.3 Å². The molecule has 1 aromatic carbocycles. The van der Waals surface area contributed by atoms with E-state index in [4.69, 9.17) is 14.2 Å². The predicted molar refractivity (Wildman–Crippen MR) is 103 cm³/mol. The lowest BCUT2D eigenvalue weighted by atomic mass is 9.54. The lowest BCUT2D eigenvalue weighted by molar-refractivity contribution is -0.125. The molecule has 0 radical (unpaired) electrons. The summed E-state index contributed by atoms with van der Waals surface area (Å²) in [5.74, 6) is 3.25. The zero-order valence-electron chi connectivity index (χ0n) is 16.0. The quantitative estimate of drug-likeness (QED) is 0.629. The van der Waals surface area contributed by atoms with Crippen LogP contribution in [0.3, 0.4) is 0 Å². The SMILES string of the molecule is CN=C(NCCc1ccc2c(c1)OCO2)NC1C2CCOC2C12CCCC2. The number of fused-ring (bicyclic) bond motifs is 3. The minimum atomic E-state index is 0.322. The summed E-state index contributed by atoms with van der Waals surface area (Å²) < 4.78 is 16.9. The molecular formula is C21H29N3O3. The molecule has 4 aliphatic rings. The van der Waals surface area contributed by atoms with Crippen LogP contribution in [0.1, 0.15) is 37.7 Å².